The van der Waals surface area contributed by atoms with Crippen molar-refractivity contribution in [2.45, 2.75) is 0 Å². The van der Waals surface area contributed by atoms with Crippen LogP contribution in [-0.2, 0) is 0 Å². The van der Waals surface area contributed by atoms with E-state index in [1.54, 1.807) is 0 Å². The Balaban J connectivity index is 1.22. The number of benzene rings is 7. The van der Waals surface area contributed by atoms with Crippen LogP contribution in [0.4, 0.5) is 5.69 Å². The van der Waals surface area contributed by atoms with Gasteiger partial charge in [-0.3, -0.25) is 0 Å². The number of hydrogen-bond donors (Lipinski definition) is 0. The normalized spacial score (nSPS) is 11.5. The van der Waals surface area contributed by atoms with Crippen LogP contribution in [0.3, 0.4) is 0 Å². The number of pyridine rings is 1. The molecule has 9 aromatic rings. The molecule has 0 N–H and O–H groups in total. The first-order valence-electron chi connectivity index (χ1n) is 15.1. The molecule has 0 atom stereocenters. The minimum Gasteiger partial charge on any atom is -0.309 e. The van der Waals surface area contributed by atoms with Crippen LogP contribution in [0, 0.1) is 6.57 Å². The van der Waals surface area contributed by atoms with Gasteiger partial charge in [0, 0.05) is 38.2 Å². The van der Waals surface area contributed by atoms with Crippen LogP contribution in [-0.4, -0.2) is 9.55 Å². The van der Waals surface area contributed by atoms with E-state index < -0.39 is 0 Å². The number of nitrogens with zero attached hydrogens (tertiary/aromatic N) is 3. The zero-order valence-electron chi connectivity index (χ0n) is 24.3. The van der Waals surface area contributed by atoms with Gasteiger partial charge in [0.2, 0.25) is 0 Å². The topological polar surface area (TPSA) is 22.2 Å². The predicted octanol–water partition coefficient (Wildman–Crippen LogP) is 11.5. The lowest BCUT2D eigenvalue weighted by Crippen LogP contribution is -1.94. The molecule has 0 bridgehead atoms. The molecule has 0 saturated heterocycles. The number of para-hydroxylation sites is 2. The summed E-state index contributed by atoms with van der Waals surface area (Å²) in [6, 6.07) is 53.5. The maximum Gasteiger partial charge on any atom is 0.187 e. The fourth-order valence-electron chi connectivity index (χ4n) is 6.87. The third-order valence-corrected chi connectivity index (χ3v) is 8.99. The first kappa shape index (κ1) is 25.3. The smallest absolute Gasteiger partial charge is 0.187 e. The van der Waals surface area contributed by atoms with Crippen LogP contribution in [0.25, 0.3) is 87.2 Å². The summed E-state index contributed by atoms with van der Waals surface area (Å²) < 4.78 is 2.36. The molecule has 7 aromatic carbocycles. The Kier molecular flexibility index (Phi) is 5.57. The van der Waals surface area contributed by atoms with Crippen molar-refractivity contribution in [3.05, 3.63) is 163 Å². The van der Waals surface area contributed by atoms with E-state index in [1.807, 2.05) is 24.3 Å². The Morgan fingerprint density at radius 3 is 1.98 bits per heavy atom. The molecule has 0 aliphatic rings. The number of fused-ring (bicyclic) bond motifs is 7. The molecule has 0 saturated carbocycles. The monoisotopic (exact) mass is 571 g/mol. The third-order valence-electron chi connectivity index (χ3n) is 8.99. The minimum atomic E-state index is 0.654. The fourth-order valence-corrected chi connectivity index (χ4v) is 6.87. The average Bonchev–Trinajstić information content (AvgIpc) is 3.44. The standard InChI is InChI=1S/C42H25N3/c1-43-31-20-14-27(15-21-31)30-19-25-40-37(26-30)34-10-5-7-13-39(34)45(40)32-22-16-29(17-23-32)41-35-11-4-6-12-38(35)44-42-33-9-3-2-8-28(33)18-24-36(41)42/h2-26H. The second-order valence-electron chi connectivity index (χ2n) is 11.5. The van der Waals surface area contributed by atoms with Gasteiger partial charge >= 0.3 is 0 Å². The summed E-state index contributed by atoms with van der Waals surface area (Å²) in [7, 11) is 0. The van der Waals surface area contributed by atoms with Gasteiger partial charge in [0.1, 0.15) is 0 Å². The molecule has 3 nitrogen and oxygen atoms in total. The van der Waals surface area contributed by atoms with E-state index in [2.05, 4.69) is 137 Å². The van der Waals surface area contributed by atoms with Gasteiger partial charge < -0.3 is 4.57 Å². The van der Waals surface area contributed by atoms with Crippen molar-refractivity contribution < 1.29 is 0 Å². The van der Waals surface area contributed by atoms with E-state index in [-0.39, 0.29) is 0 Å². The third kappa shape index (κ3) is 3.94. The fraction of sp³-hybridized carbons (Fsp3) is 0. The molecule has 2 heterocycles. The summed E-state index contributed by atoms with van der Waals surface area (Å²) >= 11 is 0. The van der Waals surface area contributed by atoms with Gasteiger partial charge in [-0.1, -0.05) is 115 Å². The van der Waals surface area contributed by atoms with E-state index >= 15 is 0 Å². The van der Waals surface area contributed by atoms with E-state index in [9.17, 15) is 0 Å². The average molecular weight is 572 g/mol. The molecular weight excluding hydrogens is 546 g/mol. The van der Waals surface area contributed by atoms with Crippen LogP contribution in [0.5, 0.6) is 0 Å². The molecule has 3 heteroatoms. The maximum absolute atomic E-state index is 7.28. The predicted molar refractivity (Wildman–Crippen MR) is 188 cm³/mol. The Morgan fingerprint density at radius 2 is 1.16 bits per heavy atom. The van der Waals surface area contributed by atoms with Crippen molar-refractivity contribution in [3.63, 3.8) is 0 Å². The second-order valence-corrected chi connectivity index (χ2v) is 11.5. The van der Waals surface area contributed by atoms with Crippen LogP contribution in [0.2, 0.25) is 0 Å². The molecule has 2 aromatic heterocycles. The molecule has 208 valence electrons. The first-order valence-corrected chi connectivity index (χ1v) is 15.1. The molecule has 0 unspecified atom stereocenters. The SMILES string of the molecule is [C-]#[N+]c1ccc(-c2ccc3c(c2)c2ccccc2n3-c2ccc(-c3c4ccccc4nc4c3ccc3ccccc34)cc2)cc1. The van der Waals surface area contributed by atoms with Gasteiger partial charge in [0.15, 0.2) is 5.69 Å². The van der Waals surface area contributed by atoms with Gasteiger partial charge in [-0.2, -0.15) is 0 Å². The Bertz CT molecular complexity index is 2640. The molecule has 0 radical (unpaired) electrons. The van der Waals surface area contributed by atoms with Crippen LogP contribution >= 0.6 is 0 Å². The number of rotatable bonds is 3. The molecule has 9 rings (SSSR count). The first-order chi connectivity index (χ1) is 22.3. The summed E-state index contributed by atoms with van der Waals surface area (Å²) in [6.45, 7) is 7.28. The zero-order chi connectivity index (χ0) is 29.9. The van der Waals surface area contributed by atoms with Crippen molar-refractivity contribution >= 4 is 60.1 Å². The summed E-state index contributed by atoms with van der Waals surface area (Å²) in [6.07, 6.45) is 0. The highest BCUT2D eigenvalue weighted by molar-refractivity contribution is 6.17. The van der Waals surface area contributed by atoms with Gasteiger partial charge in [-0.25, -0.2) is 9.83 Å². The van der Waals surface area contributed by atoms with Crippen LogP contribution in [0.1, 0.15) is 0 Å². The van der Waals surface area contributed by atoms with E-state index in [4.69, 9.17) is 11.6 Å². The highest BCUT2D eigenvalue weighted by atomic mass is 15.0. The quantitative estimate of drug-likeness (QED) is 0.117. The molecule has 0 aliphatic carbocycles. The Morgan fingerprint density at radius 1 is 0.489 bits per heavy atom. The lowest BCUT2D eigenvalue weighted by molar-refractivity contribution is 1.18. The highest BCUT2D eigenvalue weighted by Crippen LogP contribution is 2.39. The summed E-state index contributed by atoms with van der Waals surface area (Å²) in [5.74, 6) is 0. The minimum absolute atomic E-state index is 0.654. The van der Waals surface area contributed by atoms with Gasteiger partial charge in [-0.05, 0) is 58.5 Å². The Hall–Kier alpha value is -6.24. The van der Waals surface area contributed by atoms with E-state index in [1.165, 1.54) is 38.2 Å². The number of aromatic nitrogens is 2. The van der Waals surface area contributed by atoms with Crippen molar-refractivity contribution in [2.24, 2.45) is 0 Å². The van der Waals surface area contributed by atoms with Crippen molar-refractivity contribution in [1.29, 1.82) is 0 Å². The van der Waals surface area contributed by atoms with Crippen molar-refractivity contribution in [1.82, 2.24) is 9.55 Å². The van der Waals surface area contributed by atoms with Gasteiger partial charge in [0.05, 0.1) is 28.6 Å². The largest absolute Gasteiger partial charge is 0.309 e. The molecule has 45 heavy (non-hydrogen) atoms. The van der Waals surface area contributed by atoms with Gasteiger partial charge in [-0.15, -0.1) is 0 Å². The molecular formula is C42H25N3. The summed E-state index contributed by atoms with van der Waals surface area (Å²) in [5, 5.41) is 7.11. The van der Waals surface area contributed by atoms with Crippen molar-refractivity contribution in [3.8, 4) is 27.9 Å². The molecule has 0 aliphatic heterocycles. The Labute approximate surface area is 260 Å². The molecule has 0 fully saturated rings. The lowest BCUT2D eigenvalue weighted by Gasteiger charge is -2.14. The van der Waals surface area contributed by atoms with Gasteiger partial charge in [0.25, 0.3) is 0 Å². The summed E-state index contributed by atoms with van der Waals surface area (Å²) in [5.41, 5.74) is 10.8. The lowest BCUT2D eigenvalue weighted by atomic mass is 9.94. The maximum atomic E-state index is 7.28. The van der Waals surface area contributed by atoms with Crippen molar-refractivity contribution in [2.75, 3.05) is 0 Å². The summed E-state index contributed by atoms with van der Waals surface area (Å²) in [4.78, 5) is 8.68. The van der Waals surface area contributed by atoms with E-state index in [0.717, 1.165) is 44.1 Å². The zero-order valence-corrected chi connectivity index (χ0v) is 24.3. The van der Waals surface area contributed by atoms with Crippen LogP contribution < -0.4 is 0 Å². The molecule has 0 spiro atoms. The molecule has 0 amide bonds. The van der Waals surface area contributed by atoms with E-state index in [0.29, 0.717) is 5.69 Å². The second kappa shape index (κ2) is 9.91. The highest BCUT2D eigenvalue weighted by Gasteiger charge is 2.16. The van der Waals surface area contributed by atoms with Crippen LogP contribution in [0.15, 0.2) is 152 Å². The number of hydrogen-bond acceptors (Lipinski definition) is 1.